The van der Waals surface area contributed by atoms with E-state index in [0.717, 1.165) is 25.2 Å². The van der Waals surface area contributed by atoms with E-state index in [1.165, 1.54) is 5.56 Å². The largest absolute Gasteiger partial charge is 0.366 e. The van der Waals surface area contributed by atoms with Crippen LogP contribution in [-0.2, 0) is 11.3 Å². The first-order valence-corrected chi connectivity index (χ1v) is 8.00. The predicted octanol–water partition coefficient (Wildman–Crippen LogP) is 2.71. The molecule has 122 valence electrons. The molecule has 1 saturated heterocycles. The van der Waals surface area contributed by atoms with Crippen molar-refractivity contribution in [2.24, 2.45) is 0 Å². The van der Waals surface area contributed by atoms with Crippen LogP contribution in [0.2, 0.25) is 0 Å². The average Bonchev–Trinajstić information content (AvgIpc) is 3.14. The fraction of sp³-hybridized carbons (Fsp3) is 0.278. The van der Waals surface area contributed by atoms with Crippen molar-refractivity contribution in [2.75, 3.05) is 19.7 Å². The van der Waals surface area contributed by atoms with Crippen LogP contribution < -0.4 is 0 Å². The van der Waals surface area contributed by atoms with Crippen LogP contribution in [0.25, 0.3) is 11.4 Å². The van der Waals surface area contributed by atoms with Crippen molar-refractivity contribution in [3.8, 4) is 11.4 Å². The smallest absolute Gasteiger partial charge is 0.257 e. The molecule has 6 nitrogen and oxygen atoms in total. The molecule has 0 amide bonds. The number of nitrogens with zero attached hydrogens (tertiary/aromatic N) is 4. The topological polar surface area (TPSA) is 64.3 Å². The van der Waals surface area contributed by atoms with Crippen LogP contribution in [0.3, 0.4) is 0 Å². The molecule has 1 fully saturated rings. The summed E-state index contributed by atoms with van der Waals surface area (Å²) >= 11 is 0. The normalized spacial score (nSPS) is 18.6. The minimum Gasteiger partial charge on any atom is -0.366 e. The van der Waals surface area contributed by atoms with E-state index in [1.54, 1.807) is 0 Å². The maximum absolute atomic E-state index is 5.83. The van der Waals surface area contributed by atoms with Crippen molar-refractivity contribution in [1.82, 2.24) is 20.0 Å². The Morgan fingerprint density at radius 2 is 1.92 bits per heavy atom. The molecule has 1 atom stereocenters. The third-order valence-electron chi connectivity index (χ3n) is 4.06. The van der Waals surface area contributed by atoms with Gasteiger partial charge in [0.05, 0.1) is 6.61 Å². The van der Waals surface area contributed by atoms with Gasteiger partial charge in [-0.3, -0.25) is 9.88 Å². The van der Waals surface area contributed by atoms with Crippen LogP contribution in [0, 0.1) is 0 Å². The molecular weight excluding hydrogens is 304 g/mol. The molecule has 2 aromatic heterocycles. The molecule has 24 heavy (non-hydrogen) atoms. The second kappa shape index (κ2) is 6.90. The van der Waals surface area contributed by atoms with Gasteiger partial charge in [-0.05, 0) is 17.7 Å². The molecule has 3 aromatic rings. The molecule has 6 heteroatoms. The zero-order valence-corrected chi connectivity index (χ0v) is 13.2. The highest BCUT2D eigenvalue weighted by Crippen LogP contribution is 2.24. The Morgan fingerprint density at radius 1 is 1.08 bits per heavy atom. The Morgan fingerprint density at radius 3 is 2.75 bits per heavy atom. The summed E-state index contributed by atoms with van der Waals surface area (Å²) in [5.41, 5.74) is 2.18. The SMILES string of the molecule is c1ccc(-c2noc([C@H]3CN(Cc4ccncc4)CCO3)n2)cc1. The minimum atomic E-state index is -0.189. The maximum atomic E-state index is 5.83. The van der Waals surface area contributed by atoms with Gasteiger partial charge < -0.3 is 9.26 Å². The second-order valence-electron chi connectivity index (χ2n) is 5.77. The Kier molecular flexibility index (Phi) is 4.31. The first-order valence-electron chi connectivity index (χ1n) is 8.00. The molecule has 4 rings (SSSR count). The van der Waals surface area contributed by atoms with Gasteiger partial charge in [0.15, 0.2) is 0 Å². The fourth-order valence-corrected chi connectivity index (χ4v) is 2.81. The second-order valence-corrected chi connectivity index (χ2v) is 5.77. The van der Waals surface area contributed by atoms with E-state index in [-0.39, 0.29) is 6.10 Å². The molecule has 1 aliphatic heterocycles. The molecule has 0 unspecified atom stereocenters. The van der Waals surface area contributed by atoms with Crippen LogP contribution in [0.15, 0.2) is 59.4 Å². The van der Waals surface area contributed by atoms with Crippen LogP contribution >= 0.6 is 0 Å². The lowest BCUT2D eigenvalue weighted by molar-refractivity contribution is -0.0475. The number of rotatable bonds is 4. The summed E-state index contributed by atoms with van der Waals surface area (Å²) < 4.78 is 11.3. The number of hydrogen-bond acceptors (Lipinski definition) is 6. The molecule has 0 radical (unpaired) electrons. The van der Waals surface area contributed by atoms with E-state index < -0.39 is 0 Å². The molecule has 0 spiro atoms. The lowest BCUT2D eigenvalue weighted by Crippen LogP contribution is -2.37. The van der Waals surface area contributed by atoms with Gasteiger partial charge in [-0.15, -0.1) is 0 Å². The summed E-state index contributed by atoms with van der Waals surface area (Å²) in [5, 5.41) is 4.08. The summed E-state index contributed by atoms with van der Waals surface area (Å²) in [5.74, 6) is 1.13. The van der Waals surface area contributed by atoms with E-state index in [9.17, 15) is 0 Å². The number of ether oxygens (including phenoxy) is 1. The first-order chi connectivity index (χ1) is 11.9. The predicted molar refractivity (Wildman–Crippen MR) is 87.9 cm³/mol. The van der Waals surface area contributed by atoms with Gasteiger partial charge in [0.1, 0.15) is 6.10 Å². The Bertz CT molecular complexity index is 776. The summed E-state index contributed by atoms with van der Waals surface area (Å²) in [6.07, 6.45) is 3.44. The van der Waals surface area contributed by atoms with Crippen molar-refractivity contribution in [1.29, 1.82) is 0 Å². The zero-order valence-electron chi connectivity index (χ0n) is 13.2. The Labute approximate surface area is 140 Å². The van der Waals surface area contributed by atoms with E-state index in [2.05, 4.69) is 20.0 Å². The standard InChI is InChI=1S/C18H18N4O2/c1-2-4-15(5-3-1)17-20-18(24-21-17)16-13-22(10-11-23-16)12-14-6-8-19-9-7-14/h1-9,16H,10-13H2/t16-/m1/s1. The van der Waals surface area contributed by atoms with Crippen LogP contribution in [0.4, 0.5) is 0 Å². The van der Waals surface area contributed by atoms with Gasteiger partial charge in [-0.2, -0.15) is 4.98 Å². The number of pyridine rings is 1. The average molecular weight is 322 g/mol. The quantitative estimate of drug-likeness (QED) is 0.736. The highest BCUT2D eigenvalue weighted by atomic mass is 16.5. The summed E-state index contributed by atoms with van der Waals surface area (Å²) in [6, 6.07) is 13.9. The number of benzene rings is 1. The van der Waals surface area contributed by atoms with Crippen molar-refractivity contribution in [2.45, 2.75) is 12.6 Å². The Hall–Kier alpha value is -2.57. The summed E-state index contributed by atoms with van der Waals surface area (Å²) in [7, 11) is 0. The van der Waals surface area contributed by atoms with E-state index in [1.807, 2.05) is 54.9 Å². The van der Waals surface area contributed by atoms with E-state index in [0.29, 0.717) is 18.3 Å². The molecular formula is C18H18N4O2. The van der Waals surface area contributed by atoms with Crippen LogP contribution in [0.1, 0.15) is 17.6 Å². The highest BCUT2D eigenvalue weighted by Gasteiger charge is 2.27. The van der Waals surface area contributed by atoms with Crippen molar-refractivity contribution >= 4 is 0 Å². The minimum absolute atomic E-state index is 0.189. The number of aromatic nitrogens is 3. The molecule has 0 saturated carbocycles. The van der Waals surface area contributed by atoms with Crippen LogP contribution in [-0.4, -0.2) is 39.7 Å². The van der Waals surface area contributed by atoms with Gasteiger partial charge in [-0.25, -0.2) is 0 Å². The van der Waals surface area contributed by atoms with Crippen molar-refractivity contribution < 1.29 is 9.26 Å². The van der Waals surface area contributed by atoms with Crippen molar-refractivity contribution in [3.05, 3.63) is 66.3 Å². The van der Waals surface area contributed by atoms with Crippen LogP contribution in [0.5, 0.6) is 0 Å². The molecule has 1 aromatic carbocycles. The van der Waals surface area contributed by atoms with E-state index >= 15 is 0 Å². The van der Waals surface area contributed by atoms with Gasteiger partial charge in [0.2, 0.25) is 5.82 Å². The third-order valence-corrected chi connectivity index (χ3v) is 4.06. The molecule has 1 aliphatic rings. The van der Waals surface area contributed by atoms with Crippen molar-refractivity contribution in [3.63, 3.8) is 0 Å². The highest BCUT2D eigenvalue weighted by molar-refractivity contribution is 5.53. The maximum Gasteiger partial charge on any atom is 0.257 e. The Balaban J connectivity index is 1.45. The van der Waals surface area contributed by atoms with Gasteiger partial charge in [0, 0.05) is 37.6 Å². The van der Waals surface area contributed by atoms with Gasteiger partial charge >= 0.3 is 0 Å². The summed E-state index contributed by atoms with van der Waals surface area (Å²) in [4.78, 5) is 10.9. The third kappa shape index (κ3) is 3.34. The molecule has 0 N–H and O–H groups in total. The lowest BCUT2D eigenvalue weighted by atomic mass is 10.2. The zero-order chi connectivity index (χ0) is 16.2. The van der Waals surface area contributed by atoms with Gasteiger partial charge in [-0.1, -0.05) is 35.5 Å². The first kappa shape index (κ1) is 15.0. The molecule has 0 bridgehead atoms. The monoisotopic (exact) mass is 322 g/mol. The molecule has 0 aliphatic carbocycles. The number of hydrogen-bond donors (Lipinski definition) is 0. The lowest BCUT2D eigenvalue weighted by Gasteiger charge is -2.31. The summed E-state index contributed by atoms with van der Waals surface area (Å²) in [6.45, 7) is 3.14. The van der Waals surface area contributed by atoms with E-state index in [4.69, 9.17) is 9.26 Å². The van der Waals surface area contributed by atoms with Gasteiger partial charge in [0.25, 0.3) is 5.89 Å². The fourth-order valence-electron chi connectivity index (χ4n) is 2.81. The molecule has 3 heterocycles. The number of morpholine rings is 1.